The number of carbonyl (C=O) groups is 1. The molecule has 1 aromatic rings. The zero-order valence-corrected chi connectivity index (χ0v) is 27.6. The first-order valence-corrected chi connectivity index (χ1v) is 16.8. The molecular formula is C33H50F3N3O8. The van der Waals surface area contributed by atoms with Crippen molar-refractivity contribution in [1.82, 2.24) is 14.8 Å². The molecule has 1 saturated carbocycles. The molecule has 1 aliphatic carbocycles. The summed E-state index contributed by atoms with van der Waals surface area (Å²) >= 11 is 0. The zero-order chi connectivity index (χ0) is 33.3. The van der Waals surface area contributed by atoms with Gasteiger partial charge in [-0.05, 0) is 43.7 Å². The van der Waals surface area contributed by atoms with Gasteiger partial charge in [-0.15, -0.1) is 0 Å². The van der Waals surface area contributed by atoms with E-state index in [9.17, 15) is 18.0 Å². The molecule has 4 aliphatic rings. The standard InChI is InChI=1S/C33H50F3N3O8/c1-41-12-13-44-16-17-45-15-14-43-9-3-7-39(28-5-10-46-23-29(28)42-2)26-19-30-32(20-26,6-11-47-30)31(40)38-8-4-27-24(22-38)18-25(21-37-27)33(34,35)36/h18,21,26,28-30H,3-17,19-20,22-23H2,1-2H3/t26-,28+,29-,30-,32-/m1/s1. The highest BCUT2D eigenvalue weighted by molar-refractivity contribution is 5.84. The number of halogens is 3. The SMILES string of the molecule is COCCOCCOCCOCCCN([C@@H]1C[C@H]2OCC[C@@]2(C(=O)N2CCc3ncc(C(F)(F)F)cc3C2)C1)[C@H]1CCOC[C@H]1OC. The predicted molar refractivity (Wildman–Crippen MR) is 164 cm³/mol. The van der Waals surface area contributed by atoms with E-state index in [1.54, 1.807) is 19.1 Å². The average molecular weight is 674 g/mol. The maximum atomic E-state index is 14.3. The van der Waals surface area contributed by atoms with Crippen molar-refractivity contribution in [1.29, 1.82) is 0 Å². The summed E-state index contributed by atoms with van der Waals surface area (Å²) < 4.78 is 79.9. The van der Waals surface area contributed by atoms with E-state index in [1.165, 1.54) is 0 Å². The molecule has 0 unspecified atom stereocenters. The van der Waals surface area contributed by atoms with Gasteiger partial charge in [0.15, 0.2) is 0 Å². The molecule has 266 valence electrons. The van der Waals surface area contributed by atoms with Crippen LogP contribution < -0.4 is 0 Å². The fourth-order valence-corrected chi connectivity index (χ4v) is 7.59. The number of nitrogens with zero attached hydrogens (tertiary/aromatic N) is 3. The maximum absolute atomic E-state index is 14.3. The number of aromatic nitrogens is 1. The minimum Gasteiger partial charge on any atom is -0.382 e. The first kappa shape index (κ1) is 36.4. The van der Waals surface area contributed by atoms with Gasteiger partial charge >= 0.3 is 6.18 Å². The first-order valence-electron chi connectivity index (χ1n) is 16.8. The minimum atomic E-state index is -4.48. The molecule has 0 radical (unpaired) electrons. The quantitative estimate of drug-likeness (QED) is 0.230. The Bertz CT molecular complexity index is 1150. The minimum absolute atomic E-state index is 0.0202. The highest BCUT2D eigenvalue weighted by Gasteiger charge is 2.59. The van der Waals surface area contributed by atoms with E-state index in [4.69, 9.17) is 33.2 Å². The molecule has 1 aromatic heterocycles. The van der Waals surface area contributed by atoms with E-state index in [0.29, 0.717) is 110 Å². The lowest BCUT2D eigenvalue weighted by atomic mass is 9.80. The number of carbonyl (C=O) groups excluding carboxylic acids is 1. The van der Waals surface area contributed by atoms with Gasteiger partial charge in [0, 0.05) is 84.1 Å². The van der Waals surface area contributed by atoms with Gasteiger partial charge in [0.25, 0.3) is 0 Å². The lowest BCUT2D eigenvalue weighted by molar-refractivity contribution is -0.145. The van der Waals surface area contributed by atoms with Gasteiger partial charge < -0.3 is 38.1 Å². The largest absolute Gasteiger partial charge is 0.417 e. The van der Waals surface area contributed by atoms with Crippen LogP contribution in [0.1, 0.15) is 48.9 Å². The number of hydrogen-bond acceptors (Lipinski definition) is 10. The molecular weight excluding hydrogens is 623 g/mol. The molecule has 0 aromatic carbocycles. The lowest BCUT2D eigenvalue weighted by Gasteiger charge is -2.43. The van der Waals surface area contributed by atoms with Gasteiger partial charge in [-0.3, -0.25) is 14.7 Å². The van der Waals surface area contributed by atoms with Crippen LogP contribution in [0.5, 0.6) is 0 Å². The van der Waals surface area contributed by atoms with E-state index in [1.807, 2.05) is 0 Å². The molecule has 14 heteroatoms. The van der Waals surface area contributed by atoms with E-state index in [-0.39, 0.29) is 36.7 Å². The molecule has 0 N–H and O–H groups in total. The number of rotatable bonds is 17. The summed E-state index contributed by atoms with van der Waals surface area (Å²) in [5.41, 5.74) is -0.399. The smallest absolute Gasteiger partial charge is 0.382 e. The summed E-state index contributed by atoms with van der Waals surface area (Å²) in [6.07, 6.45) is 0.0736. The number of amides is 1. The maximum Gasteiger partial charge on any atom is 0.417 e. The van der Waals surface area contributed by atoms with Crippen LogP contribution in [0, 0.1) is 5.41 Å². The zero-order valence-electron chi connectivity index (χ0n) is 27.6. The fourth-order valence-electron chi connectivity index (χ4n) is 7.59. The summed E-state index contributed by atoms with van der Waals surface area (Å²) in [6.45, 7) is 6.66. The summed E-state index contributed by atoms with van der Waals surface area (Å²) in [6, 6.07) is 1.35. The van der Waals surface area contributed by atoms with Crippen LogP contribution in [0.25, 0.3) is 0 Å². The van der Waals surface area contributed by atoms with Crippen LogP contribution >= 0.6 is 0 Å². The summed E-state index contributed by atoms with van der Waals surface area (Å²) in [4.78, 5) is 22.6. The second kappa shape index (κ2) is 17.1. The topological polar surface area (TPSA) is 101 Å². The van der Waals surface area contributed by atoms with E-state index < -0.39 is 17.2 Å². The van der Waals surface area contributed by atoms with E-state index in [0.717, 1.165) is 31.6 Å². The van der Waals surface area contributed by atoms with Crippen LogP contribution in [-0.2, 0) is 57.1 Å². The predicted octanol–water partition coefficient (Wildman–Crippen LogP) is 3.12. The number of alkyl halides is 3. The summed E-state index contributed by atoms with van der Waals surface area (Å²) in [5, 5.41) is 0. The van der Waals surface area contributed by atoms with Gasteiger partial charge in [0.05, 0.1) is 69.4 Å². The van der Waals surface area contributed by atoms with Crippen molar-refractivity contribution in [3.05, 3.63) is 29.1 Å². The number of pyridine rings is 1. The van der Waals surface area contributed by atoms with Crippen molar-refractivity contribution in [2.24, 2.45) is 5.41 Å². The van der Waals surface area contributed by atoms with E-state index >= 15 is 0 Å². The molecule has 0 spiro atoms. The summed E-state index contributed by atoms with van der Waals surface area (Å²) in [7, 11) is 3.35. The van der Waals surface area contributed by atoms with Crippen molar-refractivity contribution in [2.75, 3.05) is 93.4 Å². The highest BCUT2D eigenvalue weighted by Crippen LogP contribution is 2.51. The Labute approximate surface area is 275 Å². The molecule has 5 atom stereocenters. The Morgan fingerprint density at radius 3 is 2.55 bits per heavy atom. The Kier molecular flexibility index (Phi) is 13.3. The molecule has 1 amide bonds. The van der Waals surface area contributed by atoms with Crippen molar-refractivity contribution >= 4 is 5.91 Å². The average Bonchev–Trinajstić information content (AvgIpc) is 3.64. The molecule has 47 heavy (non-hydrogen) atoms. The second-order valence-corrected chi connectivity index (χ2v) is 12.8. The Balaban J connectivity index is 1.19. The number of hydrogen-bond donors (Lipinski definition) is 0. The fraction of sp³-hybridized carbons (Fsp3) is 0.818. The van der Waals surface area contributed by atoms with Crippen molar-refractivity contribution in [3.8, 4) is 0 Å². The lowest BCUT2D eigenvalue weighted by Crippen LogP contribution is -2.54. The van der Waals surface area contributed by atoms with Crippen LogP contribution in [0.15, 0.2) is 12.3 Å². The van der Waals surface area contributed by atoms with Crippen molar-refractivity contribution in [2.45, 2.75) is 75.5 Å². The van der Waals surface area contributed by atoms with Gasteiger partial charge in [0.2, 0.25) is 5.91 Å². The number of methoxy groups -OCH3 is 2. The molecule has 2 saturated heterocycles. The molecule has 0 bridgehead atoms. The second-order valence-electron chi connectivity index (χ2n) is 12.8. The normalized spacial score (nSPS) is 27.7. The molecule has 4 heterocycles. The van der Waals surface area contributed by atoms with Gasteiger partial charge in [-0.25, -0.2) is 0 Å². The van der Waals surface area contributed by atoms with Gasteiger partial charge in [0.1, 0.15) is 0 Å². The molecule has 3 aliphatic heterocycles. The Morgan fingerprint density at radius 2 is 1.83 bits per heavy atom. The highest BCUT2D eigenvalue weighted by atomic mass is 19.4. The van der Waals surface area contributed by atoms with Gasteiger partial charge in [-0.1, -0.05) is 0 Å². The van der Waals surface area contributed by atoms with E-state index in [2.05, 4.69) is 9.88 Å². The van der Waals surface area contributed by atoms with Crippen molar-refractivity contribution in [3.63, 3.8) is 0 Å². The number of ether oxygens (including phenoxy) is 7. The van der Waals surface area contributed by atoms with Crippen LogP contribution in [0.2, 0.25) is 0 Å². The van der Waals surface area contributed by atoms with Crippen LogP contribution in [-0.4, -0.2) is 138 Å². The third kappa shape index (κ3) is 9.01. The first-order chi connectivity index (χ1) is 22.8. The Hall–Kier alpha value is -1.91. The van der Waals surface area contributed by atoms with Crippen LogP contribution in [0.3, 0.4) is 0 Å². The third-order valence-corrected chi connectivity index (χ3v) is 10.00. The van der Waals surface area contributed by atoms with Crippen LogP contribution in [0.4, 0.5) is 13.2 Å². The molecule has 5 rings (SSSR count). The summed E-state index contributed by atoms with van der Waals surface area (Å²) in [5.74, 6) is -0.0202. The van der Waals surface area contributed by atoms with Gasteiger partial charge in [-0.2, -0.15) is 13.2 Å². The van der Waals surface area contributed by atoms with Crippen molar-refractivity contribution < 1.29 is 51.1 Å². The monoisotopic (exact) mass is 673 g/mol. The third-order valence-electron chi connectivity index (χ3n) is 10.00. The Morgan fingerprint density at radius 1 is 1.09 bits per heavy atom. The molecule has 3 fully saturated rings. The molecule has 11 nitrogen and oxygen atoms in total. The number of fused-ring (bicyclic) bond motifs is 2.